The lowest BCUT2D eigenvalue weighted by Gasteiger charge is -2.31. The van der Waals surface area contributed by atoms with Gasteiger partial charge in [-0.05, 0) is 68.0 Å². The molecule has 1 amide bonds. The third-order valence-corrected chi connectivity index (χ3v) is 5.73. The van der Waals surface area contributed by atoms with Gasteiger partial charge in [-0.15, -0.1) is 0 Å². The molecule has 0 aliphatic carbocycles. The molecule has 1 unspecified atom stereocenters. The Morgan fingerprint density at radius 3 is 2.79 bits per heavy atom. The molecule has 0 saturated carbocycles. The van der Waals surface area contributed by atoms with Gasteiger partial charge in [-0.1, -0.05) is 13.0 Å². The Hall–Kier alpha value is -2.89. The van der Waals surface area contributed by atoms with Crippen molar-refractivity contribution in [2.75, 3.05) is 13.1 Å². The number of hydrogen-bond donors (Lipinski definition) is 0. The second kappa shape index (κ2) is 7.26. The van der Waals surface area contributed by atoms with Crippen LogP contribution in [-0.2, 0) is 11.3 Å². The Bertz CT molecular complexity index is 1100. The second-order valence-corrected chi connectivity index (χ2v) is 7.90. The highest BCUT2D eigenvalue weighted by atomic mass is 16.2. The average molecular weight is 378 g/mol. The molecule has 28 heavy (non-hydrogen) atoms. The second-order valence-electron chi connectivity index (χ2n) is 7.90. The maximum atomic E-state index is 13.1. The number of likely N-dealkylation sites (tertiary alicyclic amines) is 1. The number of carbonyl (C=O) groups excluding carboxylic acids is 1. The Morgan fingerprint density at radius 1 is 1.21 bits per heavy atom. The van der Waals surface area contributed by atoms with Crippen LogP contribution in [0.5, 0.6) is 0 Å². The van der Waals surface area contributed by atoms with Crippen LogP contribution in [0.25, 0.3) is 16.7 Å². The highest BCUT2D eigenvalue weighted by Gasteiger charge is 2.24. The molecule has 6 heteroatoms. The SMILES string of the molecule is Cc1ccc(-n2c(=O)c3cccnc3n2CC(=O)N2CCCC(C)C2)cc1C. The molecule has 0 radical (unpaired) electrons. The van der Waals surface area contributed by atoms with Gasteiger partial charge in [-0.2, -0.15) is 0 Å². The minimum Gasteiger partial charge on any atom is -0.341 e. The van der Waals surface area contributed by atoms with Crippen LogP contribution >= 0.6 is 0 Å². The van der Waals surface area contributed by atoms with E-state index in [1.165, 1.54) is 0 Å². The minimum atomic E-state index is -0.147. The summed E-state index contributed by atoms with van der Waals surface area (Å²) in [6.45, 7) is 7.91. The molecular formula is C22H26N4O2. The first-order valence-corrected chi connectivity index (χ1v) is 9.87. The van der Waals surface area contributed by atoms with Crippen molar-refractivity contribution in [2.24, 2.45) is 5.92 Å². The topological polar surface area (TPSA) is 60.1 Å². The van der Waals surface area contributed by atoms with Crippen molar-refractivity contribution in [2.45, 2.75) is 40.2 Å². The zero-order chi connectivity index (χ0) is 19.8. The predicted octanol–water partition coefficient (Wildman–Crippen LogP) is 3.06. The molecule has 3 heterocycles. The van der Waals surface area contributed by atoms with Gasteiger partial charge < -0.3 is 4.90 Å². The molecule has 3 aromatic rings. The summed E-state index contributed by atoms with van der Waals surface area (Å²) in [5.74, 6) is 0.547. The van der Waals surface area contributed by atoms with Crippen molar-refractivity contribution in [3.05, 3.63) is 58.0 Å². The lowest BCUT2D eigenvalue weighted by molar-refractivity contribution is -0.133. The van der Waals surface area contributed by atoms with Gasteiger partial charge in [-0.25, -0.2) is 9.67 Å². The molecule has 2 aromatic heterocycles. The molecule has 1 saturated heterocycles. The highest BCUT2D eigenvalue weighted by Crippen LogP contribution is 2.19. The van der Waals surface area contributed by atoms with Crippen LogP contribution in [-0.4, -0.2) is 38.2 Å². The van der Waals surface area contributed by atoms with E-state index in [0.717, 1.165) is 42.7 Å². The number of hydrogen-bond acceptors (Lipinski definition) is 3. The normalized spacial score (nSPS) is 17.2. The number of benzene rings is 1. The predicted molar refractivity (Wildman–Crippen MR) is 110 cm³/mol. The van der Waals surface area contributed by atoms with Crippen molar-refractivity contribution >= 4 is 16.9 Å². The molecule has 1 atom stereocenters. The molecule has 0 spiro atoms. The summed E-state index contributed by atoms with van der Waals surface area (Å²) >= 11 is 0. The number of piperidine rings is 1. The number of pyridine rings is 1. The van der Waals surface area contributed by atoms with Crippen LogP contribution in [0.3, 0.4) is 0 Å². The quantitative estimate of drug-likeness (QED) is 0.704. The number of amides is 1. The number of aromatic nitrogens is 3. The molecule has 4 rings (SSSR count). The lowest BCUT2D eigenvalue weighted by Crippen LogP contribution is -2.41. The molecule has 1 aliphatic rings. The number of carbonyl (C=O) groups is 1. The Labute approximate surface area is 164 Å². The zero-order valence-electron chi connectivity index (χ0n) is 16.7. The average Bonchev–Trinajstić information content (AvgIpc) is 2.96. The fourth-order valence-electron chi connectivity index (χ4n) is 3.99. The summed E-state index contributed by atoms with van der Waals surface area (Å²) < 4.78 is 3.32. The van der Waals surface area contributed by atoms with Crippen LogP contribution < -0.4 is 5.56 Å². The molecule has 0 N–H and O–H groups in total. The van der Waals surface area contributed by atoms with Crippen LogP contribution in [0, 0.1) is 19.8 Å². The van der Waals surface area contributed by atoms with Crippen molar-refractivity contribution < 1.29 is 4.79 Å². The number of fused-ring (bicyclic) bond motifs is 1. The van der Waals surface area contributed by atoms with Gasteiger partial charge in [-0.3, -0.25) is 14.3 Å². The van der Waals surface area contributed by atoms with Crippen molar-refractivity contribution in [1.82, 2.24) is 19.2 Å². The first-order chi connectivity index (χ1) is 13.5. The third-order valence-electron chi connectivity index (χ3n) is 5.73. The monoisotopic (exact) mass is 378 g/mol. The fourth-order valence-corrected chi connectivity index (χ4v) is 3.99. The lowest BCUT2D eigenvalue weighted by atomic mass is 10.0. The van der Waals surface area contributed by atoms with Crippen molar-refractivity contribution in [3.63, 3.8) is 0 Å². The van der Waals surface area contributed by atoms with E-state index < -0.39 is 0 Å². The Morgan fingerprint density at radius 2 is 2.04 bits per heavy atom. The fraction of sp³-hybridized carbons (Fsp3) is 0.409. The Balaban J connectivity index is 1.81. The molecule has 1 aromatic carbocycles. The largest absolute Gasteiger partial charge is 0.341 e. The molecule has 1 fully saturated rings. The first kappa shape index (κ1) is 18.5. The third kappa shape index (κ3) is 3.23. The standard InChI is InChI=1S/C22H26N4O2/c1-15-6-5-11-24(13-15)20(27)14-25-21-19(7-4-10-23-21)22(28)26(25)18-9-8-16(2)17(3)12-18/h4,7-10,12,15H,5-6,11,13-14H2,1-3H3. The summed E-state index contributed by atoms with van der Waals surface area (Å²) in [6.07, 6.45) is 3.85. The summed E-state index contributed by atoms with van der Waals surface area (Å²) in [7, 11) is 0. The number of nitrogens with zero attached hydrogens (tertiary/aromatic N) is 4. The van der Waals surface area contributed by atoms with E-state index in [0.29, 0.717) is 17.0 Å². The summed E-state index contributed by atoms with van der Waals surface area (Å²) in [4.78, 5) is 32.5. The number of rotatable bonds is 3. The maximum Gasteiger partial charge on any atom is 0.280 e. The minimum absolute atomic E-state index is 0.0340. The Kier molecular flexibility index (Phi) is 4.79. The summed E-state index contributed by atoms with van der Waals surface area (Å²) in [5.41, 5.74) is 3.42. The van der Waals surface area contributed by atoms with Gasteiger partial charge in [0.05, 0.1) is 11.1 Å². The smallest absolute Gasteiger partial charge is 0.280 e. The summed E-state index contributed by atoms with van der Waals surface area (Å²) in [6, 6.07) is 9.44. The van der Waals surface area contributed by atoms with E-state index in [1.807, 2.05) is 36.9 Å². The first-order valence-electron chi connectivity index (χ1n) is 9.87. The van der Waals surface area contributed by atoms with Gasteiger partial charge in [0.25, 0.3) is 5.56 Å². The molecule has 1 aliphatic heterocycles. The maximum absolute atomic E-state index is 13.1. The molecule has 0 bridgehead atoms. The van der Waals surface area contributed by atoms with E-state index in [2.05, 4.69) is 11.9 Å². The summed E-state index contributed by atoms with van der Waals surface area (Å²) in [5, 5.41) is 0.528. The zero-order valence-corrected chi connectivity index (χ0v) is 16.7. The van der Waals surface area contributed by atoms with Crippen molar-refractivity contribution in [1.29, 1.82) is 0 Å². The van der Waals surface area contributed by atoms with E-state index in [4.69, 9.17) is 0 Å². The van der Waals surface area contributed by atoms with E-state index in [9.17, 15) is 9.59 Å². The van der Waals surface area contributed by atoms with Gasteiger partial charge in [0, 0.05) is 19.3 Å². The van der Waals surface area contributed by atoms with Gasteiger partial charge in [0.2, 0.25) is 5.91 Å². The molecule has 146 valence electrons. The van der Waals surface area contributed by atoms with Gasteiger partial charge in [0.1, 0.15) is 6.54 Å². The van der Waals surface area contributed by atoms with Crippen LogP contribution in [0.1, 0.15) is 30.9 Å². The van der Waals surface area contributed by atoms with Crippen LogP contribution in [0.4, 0.5) is 0 Å². The number of aryl methyl sites for hydroxylation is 2. The molecule has 6 nitrogen and oxygen atoms in total. The van der Waals surface area contributed by atoms with Crippen LogP contribution in [0.2, 0.25) is 0 Å². The molecular weight excluding hydrogens is 352 g/mol. The van der Waals surface area contributed by atoms with Crippen molar-refractivity contribution in [3.8, 4) is 5.69 Å². The van der Waals surface area contributed by atoms with Crippen LogP contribution in [0.15, 0.2) is 41.3 Å². The van der Waals surface area contributed by atoms with E-state index in [-0.39, 0.29) is 18.0 Å². The van der Waals surface area contributed by atoms with Gasteiger partial charge >= 0.3 is 0 Å². The van der Waals surface area contributed by atoms with E-state index in [1.54, 1.807) is 27.7 Å². The highest BCUT2D eigenvalue weighted by molar-refractivity contribution is 5.80. The van der Waals surface area contributed by atoms with Gasteiger partial charge in [0.15, 0.2) is 5.65 Å². The van der Waals surface area contributed by atoms with E-state index >= 15 is 0 Å².